The van der Waals surface area contributed by atoms with Crippen LogP contribution in [0, 0.1) is 10.1 Å². The number of non-ortho nitro benzene ring substituents is 1. The van der Waals surface area contributed by atoms with E-state index in [-0.39, 0.29) is 11.4 Å². The first-order valence-corrected chi connectivity index (χ1v) is 7.40. The van der Waals surface area contributed by atoms with Gasteiger partial charge >= 0.3 is 0 Å². The lowest BCUT2D eigenvalue weighted by molar-refractivity contribution is -0.384. The first-order valence-electron chi connectivity index (χ1n) is 5.90. The van der Waals surface area contributed by atoms with Gasteiger partial charge in [-0.3, -0.25) is 14.7 Å². The summed E-state index contributed by atoms with van der Waals surface area (Å²) in [6, 6.07) is 13.4. The van der Waals surface area contributed by atoms with Crippen molar-refractivity contribution in [3.63, 3.8) is 0 Å². The number of nitro groups is 1. The normalized spacial score (nSPS) is 12.6. The van der Waals surface area contributed by atoms with Crippen LogP contribution in [0.1, 0.15) is 10.9 Å². The number of benzene rings is 2. The maximum absolute atomic E-state index is 11.5. The van der Waals surface area contributed by atoms with Crippen molar-refractivity contribution in [1.82, 2.24) is 0 Å². The van der Waals surface area contributed by atoms with Crippen molar-refractivity contribution >= 4 is 21.5 Å². The number of nitro benzene ring substituents is 1. The average molecular weight is 308 g/mol. The highest BCUT2D eigenvalue weighted by molar-refractivity contribution is 7.86. The van der Waals surface area contributed by atoms with E-state index in [1.165, 1.54) is 36.4 Å². The van der Waals surface area contributed by atoms with Gasteiger partial charge in [-0.1, -0.05) is 36.4 Å². The molecule has 21 heavy (non-hydrogen) atoms. The minimum absolute atomic E-state index is 0.179. The number of nitrogens with zero attached hydrogens (tertiary/aromatic N) is 1. The third-order valence-corrected chi connectivity index (χ3v) is 3.74. The maximum atomic E-state index is 11.5. The van der Waals surface area contributed by atoms with Gasteiger partial charge in [-0.15, -0.1) is 0 Å². The third kappa shape index (κ3) is 3.77. The second-order valence-electron chi connectivity index (χ2n) is 4.26. The van der Waals surface area contributed by atoms with Gasteiger partial charge in [0.1, 0.15) is 0 Å². The molecule has 7 nitrogen and oxygen atoms in total. The van der Waals surface area contributed by atoms with Gasteiger partial charge in [0, 0.05) is 17.8 Å². The van der Waals surface area contributed by atoms with Crippen LogP contribution in [0.5, 0.6) is 0 Å². The lowest BCUT2D eigenvalue weighted by Gasteiger charge is -2.17. The molecule has 0 aromatic heterocycles. The monoisotopic (exact) mass is 308 g/mol. The Hall–Kier alpha value is -2.45. The quantitative estimate of drug-likeness (QED) is 0.499. The SMILES string of the molecule is O=[N+]([O-])c1cccc(NC(c2ccccc2)S(=O)(=O)O)c1. The van der Waals surface area contributed by atoms with E-state index in [0.717, 1.165) is 0 Å². The molecule has 1 atom stereocenters. The molecule has 0 aliphatic carbocycles. The largest absolute Gasteiger partial charge is 0.363 e. The van der Waals surface area contributed by atoms with Crippen molar-refractivity contribution in [2.45, 2.75) is 5.37 Å². The van der Waals surface area contributed by atoms with Gasteiger partial charge in [0.15, 0.2) is 5.37 Å². The Morgan fingerprint density at radius 2 is 1.76 bits per heavy atom. The topological polar surface area (TPSA) is 110 Å². The van der Waals surface area contributed by atoms with Crippen molar-refractivity contribution < 1.29 is 17.9 Å². The Morgan fingerprint density at radius 1 is 1.10 bits per heavy atom. The molecule has 2 N–H and O–H groups in total. The van der Waals surface area contributed by atoms with Gasteiger partial charge in [-0.25, -0.2) is 0 Å². The molecule has 0 radical (unpaired) electrons. The molecule has 0 bridgehead atoms. The second-order valence-corrected chi connectivity index (χ2v) is 5.76. The molecule has 0 fully saturated rings. The van der Waals surface area contributed by atoms with Crippen molar-refractivity contribution in [3.05, 3.63) is 70.3 Å². The smallest absolute Gasteiger partial charge is 0.290 e. The number of rotatable bonds is 5. The molecule has 8 heteroatoms. The van der Waals surface area contributed by atoms with Gasteiger partial charge in [-0.2, -0.15) is 8.42 Å². The predicted octanol–water partition coefficient (Wildman–Crippen LogP) is 2.59. The molecule has 2 rings (SSSR count). The zero-order valence-corrected chi connectivity index (χ0v) is 11.5. The molecular formula is C13H12N2O5S. The van der Waals surface area contributed by atoms with E-state index in [0.29, 0.717) is 5.56 Å². The molecule has 1 unspecified atom stereocenters. The molecule has 0 aliphatic rings. The van der Waals surface area contributed by atoms with Crippen LogP contribution < -0.4 is 5.32 Å². The first kappa shape index (κ1) is 14.9. The Morgan fingerprint density at radius 3 is 2.33 bits per heavy atom. The van der Waals surface area contributed by atoms with E-state index in [4.69, 9.17) is 0 Å². The Bertz CT molecular complexity index is 746. The summed E-state index contributed by atoms with van der Waals surface area (Å²) >= 11 is 0. The summed E-state index contributed by atoms with van der Waals surface area (Å²) in [6.07, 6.45) is 0. The molecule has 0 amide bonds. The van der Waals surface area contributed by atoms with Crippen LogP contribution in [0.3, 0.4) is 0 Å². The van der Waals surface area contributed by atoms with Crippen molar-refractivity contribution in [2.24, 2.45) is 0 Å². The van der Waals surface area contributed by atoms with Crippen LogP contribution in [0.15, 0.2) is 54.6 Å². The molecule has 110 valence electrons. The van der Waals surface area contributed by atoms with E-state index in [1.54, 1.807) is 18.2 Å². The van der Waals surface area contributed by atoms with Crippen molar-refractivity contribution in [2.75, 3.05) is 5.32 Å². The lowest BCUT2D eigenvalue weighted by atomic mass is 10.2. The highest BCUT2D eigenvalue weighted by atomic mass is 32.2. The van der Waals surface area contributed by atoms with Crippen LogP contribution in [-0.4, -0.2) is 17.9 Å². The van der Waals surface area contributed by atoms with Gasteiger partial charge in [0.05, 0.1) is 4.92 Å². The van der Waals surface area contributed by atoms with Gasteiger partial charge < -0.3 is 5.32 Å². The fourth-order valence-electron chi connectivity index (χ4n) is 1.82. The zero-order valence-electron chi connectivity index (χ0n) is 10.7. The molecule has 0 heterocycles. The molecule has 2 aromatic rings. The Labute approximate surface area is 121 Å². The molecule has 0 saturated heterocycles. The first-order chi connectivity index (χ1) is 9.88. The van der Waals surface area contributed by atoms with E-state index >= 15 is 0 Å². The number of nitrogens with one attached hydrogen (secondary N) is 1. The Balaban J connectivity index is 2.37. The van der Waals surface area contributed by atoms with E-state index in [9.17, 15) is 23.1 Å². The summed E-state index contributed by atoms with van der Waals surface area (Å²) in [4.78, 5) is 10.1. The summed E-state index contributed by atoms with van der Waals surface area (Å²) in [5.41, 5.74) is 0.365. The summed E-state index contributed by atoms with van der Waals surface area (Å²) < 4.78 is 32.4. The van der Waals surface area contributed by atoms with Crippen LogP contribution in [0.25, 0.3) is 0 Å². The highest BCUT2D eigenvalue weighted by Crippen LogP contribution is 2.26. The van der Waals surface area contributed by atoms with Crippen molar-refractivity contribution in [1.29, 1.82) is 0 Å². The van der Waals surface area contributed by atoms with Gasteiger partial charge in [0.25, 0.3) is 15.8 Å². The van der Waals surface area contributed by atoms with E-state index < -0.39 is 20.4 Å². The summed E-state index contributed by atoms with van der Waals surface area (Å²) in [5, 5.41) is 11.9. The van der Waals surface area contributed by atoms with Crippen LogP contribution in [0.2, 0.25) is 0 Å². The molecule has 0 spiro atoms. The second kappa shape index (κ2) is 5.90. The number of hydrogen-bond acceptors (Lipinski definition) is 5. The minimum Gasteiger partial charge on any atom is -0.363 e. The van der Waals surface area contributed by atoms with Gasteiger partial charge in [-0.05, 0) is 11.6 Å². The highest BCUT2D eigenvalue weighted by Gasteiger charge is 2.25. The van der Waals surface area contributed by atoms with E-state index in [1.807, 2.05) is 0 Å². The molecule has 0 saturated carbocycles. The van der Waals surface area contributed by atoms with Crippen LogP contribution in [-0.2, 0) is 10.1 Å². The number of anilines is 1. The van der Waals surface area contributed by atoms with E-state index in [2.05, 4.69) is 5.32 Å². The maximum Gasteiger partial charge on any atom is 0.290 e. The third-order valence-electron chi connectivity index (χ3n) is 2.75. The predicted molar refractivity (Wildman–Crippen MR) is 77.5 cm³/mol. The summed E-state index contributed by atoms with van der Waals surface area (Å²) in [7, 11) is -4.43. The fourth-order valence-corrected chi connectivity index (χ4v) is 2.60. The lowest BCUT2D eigenvalue weighted by Crippen LogP contribution is -2.20. The summed E-state index contributed by atoms with van der Waals surface area (Å²) in [6.45, 7) is 0. The minimum atomic E-state index is -4.43. The van der Waals surface area contributed by atoms with Crippen molar-refractivity contribution in [3.8, 4) is 0 Å². The fraction of sp³-hybridized carbons (Fsp3) is 0.0769. The molecular weight excluding hydrogens is 296 g/mol. The number of hydrogen-bond donors (Lipinski definition) is 2. The van der Waals surface area contributed by atoms with Gasteiger partial charge in [0.2, 0.25) is 0 Å². The molecule has 0 aliphatic heterocycles. The standard InChI is InChI=1S/C13H12N2O5S/c16-15(17)12-8-4-7-11(9-12)14-13(21(18,19)20)10-5-2-1-3-6-10/h1-9,13-14H,(H,18,19,20). The zero-order chi connectivity index (χ0) is 15.5. The Kier molecular flexibility index (Phi) is 4.20. The van der Waals surface area contributed by atoms with Crippen LogP contribution in [0.4, 0.5) is 11.4 Å². The van der Waals surface area contributed by atoms with Crippen LogP contribution >= 0.6 is 0 Å². The summed E-state index contributed by atoms with van der Waals surface area (Å²) in [5.74, 6) is 0. The molecule has 2 aromatic carbocycles. The average Bonchev–Trinajstić information content (AvgIpc) is 2.45.